The SMILES string of the molecule is Cc1ccc([N+](=O)[O-])c(OCC(=O)NC(C)c2ccc3c(c2)OCCO3)c1. The molecule has 0 fully saturated rings. The molecule has 1 atom stereocenters. The van der Waals surface area contributed by atoms with Crippen LogP contribution in [0.4, 0.5) is 5.69 Å². The van der Waals surface area contributed by atoms with E-state index in [1.807, 2.05) is 19.1 Å². The number of nitro groups is 1. The van der Waals surface area contributed by atoms with Crippen LogP contribution >= 0.6 is 0 Å². The molecule has 0 bridgehead atoms. The lowest BCUT2D eigenvalue weighted by Crippen LogP contribution is -2.31. The van der Waals surface area contributed by atoms with Gasteiger partial charge in [0.05, 0.1) is 11.0 Å². The maximum Gasteiger partial charge on any atom is 0.310 e. The Labute approximate surface area is 156 Å². The smallest absolute Gasteiger partial charge is 0.310 e. The van der Waals surface area contributed by atoms with Gasteiger partial charge in [-0.15, -0.1) is 0 Å². The molecule has 1 unspecified atom stereocenters. The van der Waals surface area contributed by atoms with Crippen molar-refractivity contribution in [3.63, 3.8) is 0 Å². The molecule has 0 saturated carbocycles. The molecule has 0 spiro atoms. The van der Waals surface area contributed by atoms with Gasteiger partial charge in [-0.3, -0.25) is 14.9 Å². The summed E-state index contributed by atoms with van der Waals surface area (Å²) in [4.78, 5) is 22.7. The number of nitrogens with zero attached hydrogens (tertiary/aromatic N) is 1. The van der Waals surface area contributed by atoms with Crippen molar-refractivity contribution in [1.29, 1.82) is 0 Å². The number of ether oxygens (including phenoxy) is 3. The van der Waals surface area contributed by atoms with E-state index >= 15 is 0 Å². The van der Waals surface area contributed by atoms with Gasteiger partial charge in [-0.2, -0.15) is 0 Å². The lowest BCUT2D eigenvalue weighted by atomic mass is 10.1. The van der Waals surface area contributed by atoms with Crippen LogP contribution in [0.3, 0.4) is 0 Å². The van der Waals surface area contributed by atoms with Crippen molar-refractivity contribution in [2.45, 2.75) is 19.9 Å². The first kappa shape index (κ1) is 18.5. The molecule has 3 rings (SSSR count). The molecule has 1 N–H and O–H groups in total. The Kier molecular flexibility index (Phi) is 5.44. The number of aryl methyl sites for hydroxylation is 1. The number of rotatable bonds is 6. The zero-order valence-corrected chi connectivity index (χ0v) is 15.1. The van der Waals surface area contributed by atoms with E-state index in [0.29, 0.717) is 24.7 Å². The summed E-state index contributed by atoms with van der Waals surface area (Å²) in [5.74, 6) is 1.01. The van der Waals surface area contributed by atoms with E-state index < -0.39 is 4.92 Å². The Bertz CT molecular complexity index is 867. The van der Waals surface area contributed by atoms with E-state index in [1.165, 1.54) is 12.1 Å². The number of nitro benzene ring substituents is 1. The molecule has 1 heterocycles. The first-order valence-electron chi connectivity index (χ1n) is 8.51. The number of nitrogens with one attached hydrogen (secondary N) is 1. The summed E-state index contributed by atoms with van der Waals surface area (Å²) in [5, 5.41) is 13.9. The van der Waals surface area contributed by atoms with Gasteiger partial charge >= 0.3 is 5.69 Å². The van der Waals surface area contributed by atoms with Crippen molar-refractivity contribution in [1.82, 2.24) is 5.32 Å². The maximum atomic E-state index is 12.2. The lowest BCUT2D eigenvalue weighted by Gasteiger charge is -2.21. The van der Waals surface area contributed by atoms with Crippen LogP contribution in [-0.2, 0) is 4.79 Å². The average Bonchev–Trinajstić information content (AvgIpc) is 2.65. The molecule has 1 aliphatic rings. The van der Waals surface area contributed by atoms with Gasteiger partial charge in [0.15, 0.2) is 23.9 Å². The third-order valence-corrected chi connectivity index (χ3v) is 4.11. The quantitative estimate of drug-likeness (QED) is 0.618. The average molecular weight is 372 g/mol. The highest BCUT2D eigenvalue weighted by atomic mass is 16.6. The highest BCUT2D eigenvalue weighted by Crippen LogP contribution is 2.32. The molecule has 1 aliphatic heterocycles. The number of amides is 1. The molecule has 0 aliphatic carbocycles. The first-order chi connectivity index (χ1) is 12.9. The van der Waals surface area contributed by atoms with Crippen LogP contribution in [0.15, 0.2) is 36.4 Å². The van der Waals surface area contributed by atoms with Gasteiger partial charge in [0.2, 0.25) is 0 Å². The zero-order chi connectivity index (χ0) is 19.4. The van der Waals surface area contributed by atoms with Crippen LogP contribution in [0, 0.1) is 17.0 Å². The van der Waals surface area contributed by atoms with Gasteiger partial charge in [-0.1, -0.05) is 12.1 Å². The van der Waals surface area contributed by atoms with E-state index in [2.05, 4.69) is 5.32 Å². The molecule has 1 amide bonds. The molecule has 0 aromatic heterocycles. The van der Waals surface area contributed by atoms with Gasteiger partial charge in [0, 0.05) is 6.07 Å². The fourth-order valence-electron chi connectivity index (χ4n) is 2.73. The lowest BCUT2D eigenvalue weighted by molar-refractivity contribution is -0.385. The Morgan fingerprint density at radius 2 is 1.96 bits per heavy atom. The van der Waals surface area contributed by atoms with Crippen LogP contribution in [0.2, 0.25) is 0 Å². The Morgan fingerprint density at radius 3 is 2.70 bits per heavy atom. The minimum absolute atomic E-state index is 0.0714. The molecule has 142 valence electrons. The van der Waals surface area contributed by atoms with E-state index in [-0.39, 0.29) is 30.0 Å². The van der Waals surface area contributed by atoms with Crippen molar-refractivity contribution < 1.29 is 23.9 Å². The topological polar surface area (TPSA) is 99.9 Å². The molecule has 8 nitrogen and oxygen atoms in total. The second-order valence-corrected chi connectivity index (χ2v) is 6.21. The minimum atomic E-state index is -0.537. The van der Waals surface area contributed by atoms with Crippen molar-refractivity contribution >= 4 is 11.6 Å². The molecule has 0 radical (unpaired) electrons. The van der Waals surface area contributed by atoms with E-state index in [1.54, 1.807) is 19.1 Å². The molecule has 2 aromatic rings. The van der Waals surface area contributed by atoms with Crippen LogP contribution in [-0.4, -0.2) is 30.7 Å². The van der Waals surface area contributed by atoms with Crippen molar-refractivity contribution in [2.24, 2.45) is 0 Å². The predicted octanol–water partition coefficient (Wildman–Crippen LogP) is 2.93. The highest BCUT2D eigenvalue weighted by molar-refractivity contribution is 5.78. The van der Waals surface area contributed by atoms with Crippen LogP contribution in [0.5, 0.6) is 17.2 Å². The van der Waals surface area contributed by atoms with Gasteiger partial charge in [-0.25, -0.2) is 0 Å². The summed E-state index contributed by atoms with van der Waals surface area (Å²) in [6, 6.07) is 9.71. The predicted molar refractivity (Wildman–Crippen MR) is 97.3 cm³/mol. The van der Waals surface area contributed by atoms with Crippen LogP contribution < -0.4 is 19.5 Å². The molecule has 0 saturated heterocycles. The second-order valence-electron chi connectivity index (χ2n) is 6.21. The van der Waals surface area contributed by atoms with Crippen molar-refractivity contribution in [3.05, 3.63) is 57.6 Å². The van der Waals surface area contributed by atoms with Gasteiger partial charge in [0.25, 0.3) is 5.91 Å². The summed E-state index contributed by atoms with van der Waals surface area (Å²) in [7, 11) is 0. The van der Waals surface area contributed by atoms with Crippen molar-refractivity contribution in [3.8, 4) is 17.2 Å². The van der Waals surface area contributed by atoms with E-state index in [9.17, 15) is 14.9 Å². The zero-order valence-electron chi connectivity index (χ0n) is 15.1. The molecule has 27 heavy (non-hydrogen) atoms. The highest BCUT2D eigenvalue weighted by Gasteiger charge is 2.18. The number of carbonyl (C=O) groups excluding carboxylic acids is 1. The van der Waals surface area contributed by atoms with Gasteiger partial charge < -0.3 is 19.5 Å². The fraction of sp³-hybridized carbons (Fsp3) is 0.316. The third-order valence-electron chi connectivity index (χ3n) is 4.11. The number of fused-ring (bicyclic) bond motifs is 1. The summed E-state index contributed by atoms with van der Waals surface area (Å²) < 4.78 is 16.4. The summed E-state index contributed by atoms with van der Waals surface area (Å²) in [5.41, 5.74) is 1.49. The normalized spacial score (nSPS) is 13.6. The second kappa shape index (κ2) is 7.94. The Hall–Kier alpha value is -3.29. The summed E-state index contributed by atoms with van der Waals surface area (Å²) in [6.07, 6.45) is 0. The standard InChI is InChI=1S/C19H20N2O6/c1-12-3-5-15(21(23)24)17(9-12)27-11-19(22)20-13(2)14-4-6-16-18(10-14)26-8-7-25-16/h3-6,9-10,13H,7-8,11H2,1-2H3,(H,20,22). The molecular formula is C19H20N2O6. The number of hydrogen-bond acceptors (Lipinski definition) is 6. The number of carbonyl (C=O) groups is 1. The summed E-state index contributed by atoms with van der Waals surface area (Å²) >= 11 is 0. The largest absolute Gasteiger partial charge is 0.486 e. The molecular weight excluding hydrogens is 352 g/mol. The number of benzene rings is 2. The van der Waals surface area contributed by atoms with Crippen LogP contribution in [0.1, 0.15) is 24.1 Å². The maximum absolute atomic E-state index is 12.2. The Balaban J connectivity index is 1.61. The van der Waals surface area contributed by atoms with Crippen molar-refractivity contribution in [2.75, 3.05) is 19.8 Å². The molecule has 2 aromatic carbocycles. The minimum Gasteiger partial charge on any atom is -0.486 e. The first-order valence-corrected chi connectivity index (χ1v) is 8.51. The number of hydrogen-bond donors (Lipinski definition) is 1. The third kappa shape index (κ3) is 4.46. The monoisotopic (exact) mass is 372 g/mol. The van der Waals surface area contributed by atoms with Gasteiger partial charge in [-0.05, 0) is 43.2 Å². The van der Waals surface area contributed by atoms with Gasteiger partial charge in [0.1, 0.15) is 13.2 Å². The van der Waals surface area contributed by atoms with Crippen LogP contribution in [0.25, 0.3) is 0 Å². The molecule has 8 heteroatoms. The van der Waals surface area contributed by atoms with E-state index in [4.69, 9.17) is 14.2 Å². The summed E-state index contributed by atoms with van der Waals surface area (Å²) in [6.45, 7) is 4.31. The van der Waals surface area contributed by atoms with E-state index in [0.717, 1.165) is 11.1 Å². The Morgan fingerprint density at radius 1 is 1.22 bits per heavy atom. The fourth-order valence-corrected chi connectivity index (χ4v) is 2.73.